The fourth-order valence-corrected chi connectivity index (χ4v) is 3.80. The molecule has 1 heterocycles. The fourth-order valence-electron chi connectivity index (χ4n) is 2.93. The summed E-state index contributed by atoms with van der Waals surface area (Å²) in [6.07, 6.45) is 0.583. The number of aromatic nitrogens is 1. The van der Waals surface area contributed by atoms with E-state index in [-0.39, 0.29) is 5.78 Å². The van der Waals surface area contributed by atoms with Gasteiger partial charge in [-0.25, -0.2) is 0 Å². The van der Waals surface area contributed by atoms with E-state index in [0.29, 0.717) is 17.4 Å². The lowest BCUT2D eigenvalue weighted by Gasteiger charge is -2.12. The standard InChI is InChI=1S/C21H29NO2S/c1-15(2)10-11-22-16(3)12-19(17(22)4)21(24)14-25-13-20(23)18-8-6-5-7-9-18/h5-9,12,15,20,23H,10-11,13-14H2,1-4H3. The van der Waals surface area contributed by atoms with Crippen LogP contribution in [0.4, 0.5) is 0 Å². The van der Waals surface area contributed by atoms with Crippen molar-refractivity contribution >= 4 is 17.5 Å². The number of aliphatic hydroxyl groups is 1. The van der Waals surface area contributed by atoms with Gasteiger partial charge in [-0.3, -0.25) is 4.79 Å². The fraction of sp³-hybridized carbons (Fsp3) is 0.476. The number of aliphatic hydroxyl groups excluding tert-OH is 1. The van der Waals surface area contributed by atoms with Crippen LogP contribution in [-0.2, 0) is 6.54 Å². The highest BCUT2D eigenvalue weighted by Crippen LogP contribution is 2.22. The summed E-state index contributed by atoms with van der Waals surface area (Å²) in [5.74, 6) is 1.73. The van der Waals surface area contributed by atoms with Gasteiger partial charge in [0.25, 0.3) is 0 Å². The molecule has 0 saturated carbocycles. The normalized spacial score (nSPS) is 12.6. The predicted molar refractivity (Wildman–Crippen MR) is 106 cm³/mol. The largest absolute Gasteiger partial charge is 0.388 e. The van der Waals surface area contributed by atoms with E-state index < -0.39 is 6.10 Å². The monoisotopic (exact) mass is 359 g/mol. The molecule has 1 aromatic heterocycles. The van der Waals surface area contributed by atoms with Gasteiger partial charge in [0.15, 0.2) is 5.78 Å². The summed E-state index contributed by atoms with van der Waals surface area (Å²) in [5.41, 5.74) is 3.93. The van der Waals surface area contributed by atoms with Gasteiger partial charge in [-0.05, 0) is 37.8 Å². The molecule has 0 spiro atoms. The van der Waals surface area contributed by atoms with Gasteiger partial charge < -0.3 is 9.67 Å². The molecule has 0 aliphatic carbocycles. The Balaban J connectivity index is 1.91. The second-order valence-corrected chi connectivity index (χ2v) is 8.01. The molecule has 4 heteroatoms. The third-order valence-corrected chi connectivity index (χ3v) is 5.52. The first kappa shape index (κ1) is 19.8. The van der Waals surface area contributed by atoms with Gasteiger partial charge in [0.2, 0.25) is 0 Å². The molecular formula is C21H29NO2S. The number of hydrogen-bond acceptors (Lipinski definition) is 3. The van der Waals surface area contributed by atoms with E-state index in [2.05, 4.69) is 25.3 Å². The molecule has 0 radical (unpaired) electrons. The number of benzene rings is 1. The summed E-state index contributed by atoms with van der Waals surface area (Å²) in [6.45, 7) is 9.49. The quantitative estimate of drug-likeness (QED) is 0.654. The second-order valence-electron chi connectivity index (χ2n) is 6.98. The zero-order valence-corrected chi connectivity index (χ0v) is 16.5. The maximum atomic E-state index is 12.6. The molecule has 1 aromatic carbocycles. The summed E-state index contributed by atoms with van der Waals surface area (Å²) in [4.78, 5) is 12.6. The first-order valence-corrected chi connectivity index (χ1v) is 10.1. The van der Waals surface area contributed by atoms with Gasteiger partial charge in [-0.15, -0.1) is 0 Å². The van der Waals surface area contributed by atoms with Gasteiger partial charge in [-0.2, -0.15) is 11.8 Å². The molecule has 1 N–H and O–H groups in total. The van der Waals surface area contributed by atoms with Gasteiger partial charge in [0.05, 0.1) is 11.9 Å². The van der Waals surface area contributed by atoms with Crippen molar-refractivity contribution in [3.63, 3.8) is 0 Å². The van der Waals surface area contributed by atoms with Gasteiger partial charge in [0.1, 0.15) is 0 Å². The lowest BCUT2D eigenvalue weighted by Crippen LogP contribution is -2.09. The van der Waals surface area contributed by atoms with Crippen LogP contribution in [0.25, 0.3) is 0 Å². The highest BCUT2D eigenvalue weighted by Gasteiger charge is 2.16. The molecule has 2 aromatic rings. The van der Waals surface area contributed by atoms with Crippen molar-refractivity contribution < 1.29 is 9.90 Å². The number of carbonyl (C=O) groups excluding carboxylic acids is 1. The van der Waals surface area contributed by atoms with E-state index in [1.165, 1.54) is 11.8 Å². The Morgan fingerprint density at radius 2 is 1.88 bits per heavy atom. The van der Waals surface area contributed by atoms with Gasteiger partial charge in [0, 0.05) is 29.2 Å². The number of carbonyl (C=O) groups is 1. The molecule has 25 heavy (non-hydrogen) atoms. The van der Waals surface area contributed by atoms with Crippen molar-refractivity contribution in [1.82, 2.24) is 4.57 Å². The minimum Gasteiger partial charge on any atom is -0.388 e. The number of thioether (sulfide) groups is 1. The predicted octanol–water partition coefficient (Wildman–Crippen LogP) is 4.80. The first-order valence-electron chi connectivity index (χ1n) is 8.90. The number of hydrogen-bond donors (Lipinski definition) is 1. The summed E-state index contributed by atoms with van der Waals surface area (Å²) in [6, 6.07) is 11.6. The Kier molecular flexibility index (Phi) is 7.33. The minimum atomic E-state index is -0.530. The molecule has 0 fully saturated rings. The number of rotatable bonds is 9. The molecule has 1 unspecified atom stereocenters. The van der Waals surface area contributed by atoms with Crippen LogP contribution in [0.5, 0.6) is 0 Å². The highest BCUT2D eigenvalue weighted by atomic mass is 32.2. The van der Waals surface area contributed by atoms with Crippen LogP contribution in [0.15, 0.2) is 36.4 Å². The lowest BCUT2D eigenvalue weighted by molar-refractivity contribution is 0.102. The topological polar surface area (TPSA) is 42.2 Å². The molecule has 3 nitrogen and oxygen atoms in total. The molecule has 2 rings (SSSR count). The van der Waals surface area contributed by atoms with Crippen LogP contribution >= 0.6 is 11.8 Å². The van der Waals surface area contributed by atoms with Crippen molar-refractivity contribution in [1.29, 1.82) is 0 Å². The summed E-state index contributed by atoms with van der Waals surface area (Å²) in [7, 11) is 0. The van der Waals surface area contributed by atoms with Crippen molar-refractivity contribution in [2.24, 2.45) is 5.92 Å². The Bertz CT molecular complexity index is 691. The van der Waals surface area contributed by atoms with E-state index in [0.717, 1.165) is 35.5 Å². The molecule has 0 bridgehead atoms. The summed E-state index contributed by atoms with van der Waals surface area (Å²) < 4.78 is 2.25. The first-order chi connectivity index (χ1) is 11.9. The molecule has 0 aliphatic heterocycles. The zero-order valence-electron chi connectivity index (χ0n) is 15.7. The molecule has 136 valence electrons. The maximum absolute atomic E-state index is 12.6. The Hall–Kier alpha value is -1.52. The highest BCUT2D eigenvalue weighted by molar-refractivity contribution is 8.00. The van der Waals surface area contributed by atoms with Crippen LogP contribution in [0, 0.1) is 19.8 Å². The van der Waals surface area contributed by atoms with E-state index in [4.69, 9.17) is 0 Å². The Morgan fingerprint density at radius 3 is 2.52 bits per heavy atom. The van der Waals surface area contributed by atoms with Crippen molar-refractivity contribution in [3.8, 4) is 0 Å². The lowest BCUT2D eigenvalue weighted by atomic mass is 10.1. The maximum Gasteiger partial charge on any atom is 0.174 e. The van der Waals surface area contributed by atoms with Crippen molar-refractivity contribution in [2.75, 3.05) is 11.5 Å². The van der Waals surface area contributed by atoms with Crippen molar-refractivity contribution in [2.45, 2.75) is 46.8 Å². The summed E-state index contributed by atoms with van der Waals surface area (Å²) >= 11 is 1.49. The minimum absolute atomic E-state index is 0.147. The smallest absolute Gasteiger partial charge is 0.174 e. The Morgan fingerprint density at radius 1 is 1.20 bits per heavy atom. The average Bonchev–Trinajstić information content (AvgIpc) is 2.87. The number of Topliss-reactive ketones (excluding diaryl/α,β-unsaturated/α-hetero) is 1. The van der Waals surface area contributed by atoms with Gasteiger partial charge in [-0.1, -0.05) is 44.2 Å². The Labute approximate surface area is 155 Å². The molecule has 1 atom stereocenters. The van der Waals surface area contributed by atoms with E-state index in [1.807, 2.05) is 43.3 Å². The van der Waals surface area contributed by atoms with E-state index in [9.17, 15) is 9.90 Å². The molecule has 0 saturated heterocycles. The van der Waals surface area contributed by atoms with Gasteiger partial charge >= 0.3 is 0 Å². The molecule has 0 aliphatic rings. The number of aryl methyl sites for hydroxylation is 1. The van der Waals surface area contributed by atoms with Crippen LogP contribution in [0.3, 0.4) is 0 Å². The van der Waals surface area contributed by atoms with Crippen LogP contribution in [-0.4, -0.2) is 27.0 Å². The third-order valence-electron chi connectivity index (χ3n) is 4.50. The van der Waals surface area contributed by atoms with Crippen LogP contribution in [0.2, 0.25) is 0 Å². The molecular weight excluding hydrogens is 330 g/mol. The number of ketones is 1. The van der Waals surface area contributed by atoms with Crippen LogP contribution in [0.1, 0.15) is 53.7 Å². The molecule has 0 amide bonds. The third kappa shape index (κ3) is 5.48. The van der Waals surface area contributed by atoms with Crippen LogP contribution < -0.4 is 0 Å². The van der Waals surface area contributed by atoms with E-state index >= 15 is 0 Å². The van der Waals surface area contributed by atoms with E-state index in [1.54, 1.807) is 0 Å². The average molecular weight is 360 g/mol. The SMILES string of the molecule is Cc1cc(C(=O)CSCC(O)c2ccccc2)c(C)n1CCC(C)C. The second kappa shape index (κ2) is 9.25. The zero-order chi connectivity index (χ0) is 18.4. The number of nitrogens with zero attached hydrogens (tertiary/aromatic N) is 1. The summed E-state index contributed by atoms with van der Waals surface area (Å²) in [5, 5.41) is 10.2. The van der Waals surface area contributed by atoms with Crippen molar-refractivity contribution in [3.05, 3.63) is 58.9 Å².